The van der Waals surface area contributed by atoms with Crippen LogP contribution in [0.4, 0.5) is 0 Å². The fourth-order valence-electron chi connectivity index (χ4n) is 2.94. The minimum absolute atomic E-state index is 0.672. The Morgan fingerprint density at radius 2 is 1.82 bits per heavy atom. The number of aromatic nitrogens is 2. The summed E-state index contributed by atoms with van der Waals surface area (Å²) >= 11 is 0. The van der Waals surface area contributed by atoms with Gasteiger partial charge in [0.1, 0.15) is 0 Å². The van der Waals surface area contributed by atoms with Crippen molar-refractivity contribution in [2.75, 3.05) is 13.1 Å². The van der Waals surface area contributed by atoms with Crippen LogP contribution in [0.1, 0.15) is 43.1 Å². The summed E-state index contributed by atoms with van der Waals surface area (Å²) in [5, 5.41) is 4.10. The molecule has 118 valence electrons. The zero-order chi connectivity index (χ0) is 15.4. The molecule has 1 aromatic heterocycles. The molecule has 4 heteroatoms. The third-order valence-corrected chi connectivity index (χ3v) is 4.33. The third kappa shape index (κ3) is 3.95. The maximum Gasteiger partial charge on any atom is 0.240 e. The van der Waals surface area contributed by atoms with Crippen LogP contribution in [0.25, 0.3) is 0 Å². The van der Waals surface area contributed by atoms with Crippen molar-refractivity contribution >= 4 is 0 Å². The molecule has 0 atom stereocenters. The standard InChI is InChI=1S/C18H25N3O/c1-14(2)7-8-17-19-18(22-20-17)13-21-11-9-15-5-3-4-6-16(15)10-12-21/h3-6,14H,7-13H2,1-2H3. The van der Waals surface area contributed by atoms with Gasteiger partial charge in [0.05, 0.1) is 6.54 Å². The summed E-state index contributed by atoms with van der Waals surface area (Å²) in [4.78, 5) is 6.95. The van der Waals surface area contributed by atoms with Crippen molar-refractivity contribution in [3.8, 4) is 0 Å². The van der Waals surface area contributed by atoms with Crippen molar-refractivity contribution < 1.29 is 4.52 Å². The van der Waals surface area contributed by atoms with Crippen LogP contribution >= 0.6 is 0 Å². The molecule has 0 radical (unpaired) electrons. The molecule has 4 nitrogen and oxygen atoms in total. The maximum atomic E-state index is 5.41. The van der Waals surface area contributed by atoms with Gasteiger partial charge in [0.15, 0.2) is 5.82 Å². The number of benzene rings is 1. The first-order chi connectivity index (χ1) is 10.7. The number of nitrogens with zero attached hydrogens (tertiary/aromatic N) is 3. The number of hydrogen-bond acceptors (Lipinski definition) is 4. The number of fused-ring (bicyclic) bond motifs is 1. The summed E-state index contributed by atoms with van der Waals surface area (Å²) in [5.74, 6) is 2.28. The van der Waals surface area contributed by atoms with E-state index in [0.29, 0.717) is 5.92 Å². The van der Waals surface area contributed by atoms with Crippen molar-refractivity contribution in [2.24, 2.45) is 5.92 Å². The van der Waals surface area contributed by atoms with E-state index < -0.39 is 0 Å². The first-order valence-electron chi connectivity index (χ1n) is 8.31. The lowest BCUT2D eigenvalue weighted by Gasteiger charge is -2.16. The highest BCUT2D eigenvalue weighted by Crippen LogP contribution is 2.17. The molecule has 0 N–H and O–H groups in total. The van der Waals surface area contributed by atoms with Gasteiger partial charge < -0.3 is 4.52 Å². The molecule has 2 aromatic rings. The highest BCUT2D eigenvalue weighted by atomic mass is 16.5. The molecule has 0 spiro atoms. The molecule has 2 heterocycles. The lowest BCUT2D eigenvalue weighted by atomic mass is 10.0. The molecule has 22 heavy (non-hydrogen) atoms. The zero-order valence-electron chi connectivity index (χ0n) is 13.6. The fraction of sp³-hybridized carbons (Fsp3) is 0.556. The van der Waals surface area contributed by atoms with Crippen LogP contribution in [-0.2, 0) is 25.8 Å². The number of hydrogen-bond donors (Lipinski definition) is 0. The molecule has 1 aliphatic heterocycles. The van der Waals surface area contributed by atoms with Crippen LogP contribution in [0.15, 0.2) is 28.8 Å². The SMILES string of the molecule is CC(C)CCc1noc(CN2CCc3ccccc3CC2)n1. The second kappa shape index (κ2) is 7.05. The first-order valence-corrected chi connectivity index (χ1v) is 8.31. The molecule has 0 saturated heterocycles. The highest BCUT2D eigenvalue weighted by Gasteiger charge is 2.16. The van der Waals surface area contributed by atoms with Crippen LogP contribution in [-0.4, -0.2) is 28.1 Å². The summed E-state index contributed by atoms with van der Waals surface area (Å²) in [6, 6.07) is 8.76. The van der Waals surface area contributed by atoms with E-state index in [2.05, 4.69) is 53.2 Å². The highest BCUT2D eigenvalue weighted by molar-refractivity contribution is 5.28. The van der Waals surface area contributed by atoms with Gasteiger partial charge in [-0.05, 0) is 36.3 Å². The van der Waals surface area contributed by atoms with E-state index in [-0.39, 0.29) is 0 Å². The summed E-state index contributed by atoms with van der Waals surface area (Å²) < 4.78 is 5.41. The second-order valence-electron chi connectivity index (χ2n) is 6.58. The van der Waals surface area contributed by atoms with Crippen molar-refractivity contribution in [1.29, 1.82) is 0 Å². The Bertz CT molecular complexity index is 579. The fourth-order valence-corrected chi connectivity index (χ4v) is 2.94. The number of aryl methyl sites for hydroxylation is 1. The summed E-state index contributed by atoms with van der Waals surface area (Å²) in [6.45, 7) is 7.32. The van der Waals surface area contributed by atoms with E-state index in [0.717, 1.165) is 57.0 Å². The largest absolute Gasteiger partial charge is 0.338 e. The van der Waals surface area contributed by atoms with Gasteiger partial charge in [-0.15, -0.1) is 0 Å². The van der Waals surface area contributed by atoms with Gasteiger partial charge >= 0.3 is 0 Å². The molecular weight excluding hydrogens is 274 g/mol. The van der Waals surface area contributed by atoms with E-state index in [1.807, 2.05) is 0 Å². The van der Waals surface area contributed by atoms with Crippen molar-refractivity contribution in [1.82, 2.24) is 15.0 Å². The molecular formula is C18H25N3O. The Hall–Kier alpha value is -1.68. The minimum atomic E-state index is 0.672. The van der Waals surface area contributed by atoms with Gasteiger partial charge in [-0.3, -0.25) is 4.90 Å². The van der Waals surface area contributed by atoms with E-state index in [1.54, 1.807) is 0 Å². The Kier molecular flexibility index (Phi) is 4.88. The molecule has 0 aliphatic carbocycles. The quantitative estimate of drug-likeness (QED) is 0.850. The predicted octanol–water partition coefficient (Wildman–Crippen LogP) is 3.26. The lowest BCUT2D eigenvalue weighted by Crippen LogP contribution is -2.26. The smallest absolute Gasteiger partial charge is 0.240 e. The molecule has 0 unspecified atom stereocenters. The Balaban J connectivity index is 1.56. The zero-order valence-corrected chi connectivity index (χ0v) is 13.6. The molecule has 0 amide bonds. The Labute approximate surface area is 132 Å². The minimum Gasteiger partial charge on any atom is -0.338 e. The Morgan fingerprint density at radius 3 is 2.45 bits per heavy atom. The van der Waals surface area contributed by atoms with Gasteiger partial charge in [-0.2, -0.15) is 4.98 Å². The average Bonchev–Trinajstić information content (AvgIpc) is 2.86. The molecule has 0 saturated carbocycles. The van der Waals surface area contributed by atoms with Gasteiger partial charge in [-0.1, -0.05) is 43.3 Å². The number of rotatable bonds is 5. The molecule has 0 bridgehead atoms. The van der Waals surface area contributed by atoms with Gasteiger partial charge in [-0.25, -0.2) is 0 Å². The summed E-state index contributed by atoms with van der Waals surface area (Å²) in [7, 11) is 0. The first kappa shape index (κ1) is 15.2. The Morgan fingerprint density at radius 1 is 1.14 bits per heavy atom. The van der Waals surface area contributed by atoms with Crippen LogP contribution in [0.3, 0.4) is 0 Å². The van der Waals surface area contributed by atoms with E-state index in [4.69, 9.17) is 4.52 Å². The molecule has 1 aromatic carbocycles. The topological polar surface area (TPSA) is 42.2 Å². The van der Waals surface area contributed by atoms with Crippen LogP contribution in [0.5, 0.6) is 0 Å². The van der Waals surface area contributed by atoms with Crippen LogP contribution in [0, 0.1) is 5.92 Å². The normalized spacial score (nSPS) is 15.8. The van der Waals surface area contributed by atoms with E-state index >= 15 is 0 Å². The van der Waals surface area contributed by atoms with Crippen molar-refractivity contribution in [2.45, 2.75) is 46.1 Å². The van der Waals surface area contributed by atoms with Crippen LogP contribution < -0.4 is 0 Å². The second-order valence-corrected chi connectivity index (χ2v) is 6.58. The summed E-state index contributed by atoms with van der Waals surface area (Å²) in [5.41, 5.74) is 2.96. The van der Waals surface area contributed by atoms with Crippen LogP contribution in [0.2, 0.25) is 0 Å². The van der Waals surface area contributed by atoms with E-state index in [9.17, 15) is 0 Å². The van der Waals surface area contributed by atoms with Gasteiger partial charge in [0.25, 0.3) is 0 Å². The molecule has 0 fully saturated rings. The molecule has 1 aliphatic rings. The van der Waals surface area contributed by atoms with Crippen molar-refractivity contribution in [3.63, 3.8) is 0 Å². The van der Waals surface area contributed by atoms with Gasteiger partial charge in [0.2, 0.25) is 5.89 Å². The molecule has 3 rings (SSSR count). The average molecular weight is 299 g/mol. The maximum absolute atomic E-state index is 5.41. The van der Waals surface area contributed by atoms with Gasteiger partial charge in [0, 0.05) is 19.5 Å². The van der Waals surface area contributed by atoms with E-state index in [1.165, 1.54) is 11.1 Å². The lowest BCUT2D eigenvalue weighted by molar-refractivity contribution is 0.235. The third-order valence-electron chi connectivity index (χ3n) is 4.33. The van der Waals surface area contributed by atoms with Crippen molar-refractivity contribution in [3.05, 3.63) is 47.1 Å². The summed E-state index contributed by atoms with van der Waals surface area (Å²) in [6.07, 6.45) is 4.22. The predicted molar refractivity (Wildman–Crippen MR) is 86.6 cm³/mol. The monoisotopic (exact) mass is 299 g/mol.